The second kappa shape index (κ2) is 8.07. The molecular weight excluding hydrogens is 421 g/mol. The molecule has 0 atom stereocenters. The maximum Gasteiger partial charge on any atom is 0.416 e. The molecular formula is C19H17F3N4O3S. The van der Waals surface area contributed by atoms with Crippen LogP contribution in [0.2, 0.25) is 0 Å². The molecule has 0 spiro atoms. The maximum atomic E-state index is 13.2. The molecule has 158 valence electrons. The largest absolute Gasteiger partial charge is 0.416 e. The second-order valence-electron chi connectivity index (χ2n) is 6.69. The number of nitrogens with zero attached hydrogens (tertiary/aromatic N) is 3. The van der Waals surface area contributed by atoms with Crippen molar-refractivity contribution in [3.8, 4) is 0 Å². The van der Waals surface area contributed by atoms with E-state index in [4.69, 9.17) is 4.74 Å². The lowest BCUT2D eigenvalue weighted by Gasteiger charge is -2.31. The summed E-state index contributed by atoms with van der Waals surface area (Å²) < 4.78 is 46.0. The Morgan fingerprint density at radius 2 is 2.00 bits per heavy atom. The number of morpholine rings is 1. The Bertz CT molecular complexity index is 1140. The number of hydrogen-bond acceptors (Lipinski definition) is 6. The number of ether oxygens (including phenoxy) is 1. The third kappa shape index (κ3) is 4.17. The molecule has 3 aromatic rings. The third-order valence-electron chi connectivity index (χ3n) is 4.71. The summed E-state index contributed by atoms with van der Waals surface area (Å²) >= 11 is 1.31. The van der Waals surface area contributed by atoms with E-state index >= 15 is 0 Å². The zero-order valence-corrected chi connectivity index (χ0v) is 16.4. The molecule has 1 N–H and O–H groups in total. The van der Waals surface area contributed by atoms with Crippen LogP contribution in [-0.2, 0) is 22.3 Å². The molecule has 0 radical (unpaired) electrons. The average Bonchev–Trinajstić information content (AvgIpc) is 3.20. The first-order chi connectivity index (χ1) is 14.3. The van der Waals surface area contributed by atoms with Crippen LogP contribution < -0.4 is 15.8 Å². The van der Waals surface area contributed by atoms with Crippen molar-refractivity contribution < 1.29 is 22.7 Å². The van der Waals surface area contributed by atoms with Crippen LogP contribution in [0.25, 0.3) is 10.2 Å². The summed E-state index contributed by atoms with van der Waals surface area (Å²) in [4.78, 5) is 31.6. The summed E-state index contributed by atoms with van der Waals surface area (Å²) in [6.07, 6.45) is -3.29. The van der Waals surface area contributed by atoms with E-state index in [-0.39, 0.29) is 17.8 Å². The van der Waals surface area contributed by atoms with E-state index in [1.165, 1.54) is 23.7 Å². The van der Waals surface area contributed by atoms with Crippen molar-refractivity contribution in [2.45, 2.75) is 12.7 Å². The van der Waals surface area contributed by atoms with Gasteiger partial charge in [-0.3, -0.25) is 14.2 Å². The first-order valence-corrected chi connectivity index (χ1v) is 9.97. The summed E-state index contributed by atoms with van der Waals surface area (Å²) in [7, 11) is 0. The van der Waals surface area contributed by atoms with Gasteiger partial charge in [0.25, 0.3) is 5.56 Å². The maximum absolute atomic E-state index is 13.2. The molecule has 1 saturated heterocycles. The Kier molecular flexibility index (Phi) is 5.48. The summed E-state index contributed by atoms with van der Waals surface area (Å²) in [6.45, 7) is 1.50. The summed E-state index contributed by atoms with van der Waals surface area (Å²) in [5.41, 5.74) is -0.741. The van der Waals surface area contributed by atoms with Crippen LogP contribution in [-0.4, -0.2) is 41.8 Å². The van der Waals surface area contributed by atoms with Crippen molar-refractivity contribution in [3.05, 3.63) is 51.9 Å². The minimum Gasteiger partial charge on any atom is -0.378 e. The van der Waals surface area contributed by atoms with E-state index in [0.717, 1.165) is 16.7 Å². The van der Waals surface area contributed by atoms with E-state index in [9.17, 15) is 22.8 Å². The highest BCUT2D eigenvalue weighted by Crippen LogP contribution is 2.35. The number of anilines is 2. The molecule has 7 nitrogen and oxygen atoms in total. The fourth-order valence-electron chi connectivity index (χ4n) is 3.24. The van der Waals surface area contributed by atoms with Gasteiger partial charge >= 0.3 is 6.18 Å². The van der Waals surface area contributed by atoms with Crippen LogP contribution in [0.3, 0.4) is 0 Å². The molecule has 0 saturated carbocycles. The van der Waals surface area contributed by atoms with E-state index in [0.29, 0.717) is 42.2 Å². The molecule has 0 aliphatic carbocycles. The Balaban J connectivity index is 1.61. The van der Waals surface area contributed by atoms with Crippen LogP contribution in [0.1, 0.15) is 5.56 Å². The summed E-state index contributed by atoms with van der Waals surface area (Å²) in [6, 6.07) is 4.85. The van der Waals surface area contributed by atoms with Crippen LogP contribution in [0, 0.1) is 0 Å². The lowest BCUT2D eigenvalue weighted by molar-refractivity contribution is -0.137. The molecule has 30 heavy (non-hydrogen) atoms. The van der Waals surface area contributed by atoms with E-state index in [2.05, 4.69) is 10.3 Å². The van der Waals surface area contributed by atoms with Gasteiger partial charge in [-0.25, -0.2) is 4.98 Å². The van der Waals surface area contributed by atoms with Gasteiger partial charge in [-0.05, 0) is 29.6 Å². The second-order valence-corrected chi connectivity index (χ2v) is 7.59. The SMILES string of the molecule is O=C(Cn1cnc2sccc2c1=O)Nc1cc(C(F)(F)F)ccc1N1CCOCC1. The van der Waals surface area contributed by atoms with Gasteiger partial charge in [0.05, 0.1) is 41.9 Å². The highest BCUT2D eigenvalue weighted by atomic mass is 32.1. The minimum absolute atomic E-state index is 0.0364. The smallest absolute Gasteiger partial charge is 0.378 e. The lowest BCUT2D eigenvalue weighted by Crippen LogP contribution is -2.37. The third-order valence-corrected chi connectivity index (χ3v) is 5.53. The normalized spacial score (nSPS) is 14.8. The molecule has 0 unspecified atom stereocenters. The number of halogens is 3. The van der Waals surface area contributed by atoms with E-state index in [1.807, 2.05) is 4.90 Å². The van der Waals surface area contributed by atoms with Gasteiger partial charge in [-0.15, -0.1) is 11.3 Å². The number of nitrogens with one attached hydrogen (secondary N) is 1. The molecule has 4 rings (SSSR count). The van der Waals surface area contributed by atoms with Crippen molar-refractivity contribution >= 4 is 38.8 Å². The van der Waals surface area contributed by atoms with Gasteiger partial charge in [-0.1, -0.05) is 0 Å². The zero-order valence-electron chi connectivity index (χ0n) is 15.6. The summed E-state index contributed by atoms with van der Waals surface area (Å²) in [5, 5.41) is 4.65. The standard InChI is InChI=1S/C19H17F3N4O3S/c20-19(21,22)12-1-2-15(25-4-6-29-7-5-25)14(9-12)24-16(27)10-26-11-23-17-13(18(26)28)3-8-30-17/h1-3,8-9,11H,4-7,10H2,(H,24,27). The highest BCUT2D eigenvalue weighted by molar-refractivity contribution is 7.16. The molecule has 1 aliphatic rings. The summed E-state index contributed by atoms with van der Waals surface area (Å²) in [5.74, 6) is -0.623. The number of carbonyl (C=O) groups excluding carboxylic acids is 1. The molecule has 3 heterocycles. The van der Waals surface area contributed by atoms with E-state index < -0.39 is 17.6 Å². The molecule has 1 aliphatic heterocycles. The molecule has 1 fully saturated rings. The van der Waals surface area contributed by atoms with Crippen LogP contribution >= 0.6 is 11.3 Å². The fraction of sp³-hybridized carbons (Fsp3) is 0.316. The van der Waals surface area contributed by atoms with Crippen LogP contribution in [0.15, 0.2) is 40.8 Å². The number of benzene rings is 1. The predicted molar refractivity (Wildman–Crippen MR) is 107 cm³/mol. The Labute approximate surface area is 172 Å². The Morgan fingerprint density at radius 3 is 2.73 bits per heavy atom. The number of rotatable bonds is 4. The number of carbonyl (C=O) groups is 1. The van der Waals surface area contributed by atoms with E-state index in [1.54, 1.807) is 11.4 Å². The topological polar surface area (TPSA) is 76.5 Å². The van der Waals surface area contributed by atoms with Gasteiger partial charge in [0, 0.05) is 13.1 Å². The van der Waals surface area contributed by atoms with Crippen molar-refractivity contribution in [2.75, 3.05) is 36.5 Å². The van der Waals surface area contributed by atoms with Gasteiger partial charge in [0.1, 0.15) is 11.4 Å². The number of fused-ring (bicyclic) bond motifs is 1. The highest BCUT2D eigenvalue weighted by Gasteiger charge is 2.32. The van der Waals surface area contributed by atoms with Crippen molar-refractivity contribution in [1.82, 2.24) is 9.55 Å². The van der Waals surface area contributed by atoms with Gasteiger partial charge in [0.15, 0.2) is 0 Å². The first kappa shape index (κ1) is 20.4. The Morgan fingerprint density at radius 1 is 1.23 bits per heavy atom. The molecule has 1 amide bonds. The van der Waals surface area contributed by atoms with Gasteiger partial charge in [-0.2, -0.15) is 13.2 Å². The first-order valence-electron chi connectivity index (χ1n) is 9.09. The monoisotopic (exact) mass is 438 g/mol. The minimum atomic E-state index is -4.55. The van der Waals surface area contributed by atoms with Crippen molar-refractivity contribution in [3.63, 3.8) is 0 Å². The lowest BCUT2D eigenvalue weighted by atomic mass is 10.1. The molecule has 1 aromatic carbocycles. The molecule has 0 bridgehead atoms. The molecule has 2 aromatic heterocycles. The predicted octanol–water partition coefficient (Wildman–Crippen LogP) is 2.95. The zero-order chi connectivity index (χ0) is 21.3. The van der Waals surface area contributed by atoms with Crippen molar-refractivity contribution in [1.29, 1.82) is 0 Å². The quantitative estimate of drug-likeness (QED) is 0.678. The number of hydrogen-bond donors (Lipinski definition) is 1. The number of amides is 1. The van der Waals surface area contributed by atoms with Gasteiger partial charge in [0.2, 0.25) is 5.91 Å². The fourth-order valence-corrected chi connectivity index (χ4v) is 3.97. The average molecular weight is 438 g/mol. The number of alkyl halides is 3. The van der Waals surface area contributed by atoms with Crippen LogP contribution in [0.4, 0.5) is 24.5 Å². The number of thiophene rings is 1. The number of aromatic nitrogens is 2. The molecule has 11 heteroatoms. The van der Waals surface area contributed by atoms with Gasteiger partial charge < -0.3 is 15.0 Å². The Hall–Kier alpha value is -2.92. The van der Waals surface area contributed by atoms with Crippen molar-refractivity contribution in [2.24, 2.45) is 0 Å². The van der Waals surface area contributed by atoms with Crippen LogP contribution in [0.5, 0.6) is 0 Å².